The third kappa shape index (κ3) is 5.54. The standard InChI is InChI=1S/C25H20IN3O5/c1-15-9-19(26)12-18(23(15)30)13-27-29-25(32)20(28-24(31)17-5-3-2-4-6-17)10-16-7-8-21-22(11-16)34-14-33-21/h2-13,30H,14H2,1H3,(H,28,31)(H,29,32). The summed E-state index contributed by atoms with van der Waals surface area (Å²) in [6.45, 7) is 1.90. The number of hydrazone groups is 1. The second kappa shape index (κ2) is 10.4. The first kappa shape index (κ1) is 23.3. The number of nitrogens with zero attached hydrogens (tertiary/aromatic N) is 1. The van der Waals surface area contributed by atoms with E-state index in [2.05, 4.69) is 38.4 Å². The number of fused-ring (bicyclic) bond motifs is 1. The zero-order chi connectivity index (χ0) is 24.1. The molecule has 172 valence electrons. The van der Waals surface area contributed by atoms with E-state index in [0.29, 0.717) is 33.8 Å². The van der Waals surface area contributed by atoms with Crippen LogP contribution in [-0.4, -0.2) is 29.9 Å². The SMILES string of the molecule is Cc1cc(I)cc(C=NNC(=O)C(=Cc2ccc3c(c2)OCO3)NC(=O)c2ccccc2)c1O. The van der Waals surface area contributed by atoms with Crippen LogP contribution in [-0.2, 0) is 4.79 Å². The zero-order valence-electron chi connectivity index (χ0n) is 18.0. The molecule has 4 rings (SSSR count). The van der Waals surface area contributed by atoms with E-state index in [4.69, 9.17) is 9.47 Å². The van der Waals surface area contributed by atoms with Crippen molar-refractivity contribution in [3.63, 3.8) is 0 Å². The highest BCUT2D eigenvalue weighted by molar-refractivity contribution is 14.1. The Bertz CT molecular complexity index is 1310. The molecule has 3 N–H and O–H groups in total. The Labute approximate surface area is 209 Å². The average molecular weight is 569 g/mol. The lowest BCUT2D eigenvalue weighted by Crippen LogP contribution is -2.32. The first-order chi connectivity index (χ1) is 16.4. The zero-order valence-corrected chi connectivity index (χ0v) is 20.2. The third-order valence-corrected chi connectivity index (χ3v) is 5.52. The second-order valence-corrected chi connectivity index (χ2v) is 8.60. The highest BCUT2D eigenvalue weighted by Gasteiger charge is 2.17. The van der Waals surface area contributed by atoms with E-state index < -0.39 is 11.8 Å². The molecule has 0 radical (unpaired) electrons. The molecule has 1 aliphatic heterocycles. The molecule has 34 heavy (non-hydrogen) atoms. The maximum absolute atomic E-state index is 12.9. The smallest absolute Gasteiger partial charge is 0.287 e. The Balaban J connectivity index is 1.58. The van der Waals surface area contributed by atoms with Crippen molar-refractivity contribution in [1.29, 1.82) is 0 Å². The summed E-state index contributed by atoms with van der Waals surface area (Å²) < 4.78 is 11.6. The summed E-state index contributed by atoms with van der Waals surface area (Å²) in [5.74, 6) is 0.142. The van der Waals surface area contributed by atoms with Gasteiger partial charge in [0.2, 0.25) is 6.79 Å². The van der Waals surface area contributed by atoms with Gasteiger partial charge in [0.05, 0.1) is 6.21 Å². The van der Waals surface area contributed by atoms with Gasteiger partial charge in [-0.25, -0.2) is 5.43 Å². The molecule has 0 saturated carbocycles. The largest absolute Gasteiger partial charge is 0.507 e. The van der Waals surface area contributed by atoms with E-state index in [1.165, 1.54) is 12.3 Å². The van der Waals surface area contributed by atoms with E-state index in [1.807, 2.05) is 6.07 Å². The van der Waals surface area contributed by atoms with Gasteiger partial charge in [0.15, 0.2) is 11.5 Å². The lowest BCUT2D eigenvalue weighted by atomic mass is 10.1. The number of nitrogens with one attached hydrogen (secondary N) is 2. The fourth-order valence-electron chi connectivity index (χ4n) is 3.19. The minimum Gasteiger partial charge on any atom is -0.507 e. The number of hydrogen-bond donors (Lipinski definition) is 3. The number of aryl methyl sites for hydroxylation is 1. The van der Waals surface area contributed by atoms with Crippen LogP contribution in [0.1, 0.15) is 27.0 Å². The van der Waals surface area contributed by atoms with Gasteiger partial charge in [0.25, 0.3) is 11.8 Å². The Kier molecular flexibility index (Phi) is 7.12. The van der Waals surface area contributed by atoms with Crippen molar-refractivity contribution in [3.05, 3.63) is 92.2 Å². The molecule has 0 fully saturated rings. The molecule has 0 spiro atoms. The predicted molar refractivity (Wildman–Crippen MR) is 136 cm³/mol. The topological polar surface area (TPSA) is 109 Å². The number of carbonyl (C=O) groups excluding carboxylic acids is 2. The van der Waals surface area contributed by atoms with E-state index in [0.717, 1.165) is 3.57 Å². The summed E-state index contributed by atoms with van der Waals surface area (Å²) in [5, 5.41) is 16.8. The molecule has 1 heterocycles. The van der Waals surface area contributed by atoms with Crippen LogP contribution in [0.4, 0.5) is 0 Å². The monoisotopic (exact) mass is 569 g/mol. The second-order valence-electron chi connectivity index (χ2n) is 7.35. The van der Waals surface area contributed by atoms with Gasteiger partial charge >= 0.3 is 0 Å². The summed E-state index contributed by atoms with van der Waals surface area (Å²) in [5.41, 5.74) is 4.56. The number of ether oxygens (including phenoxy) is 2. The van der Waals surface area contributed by atoms with E-state index in [1.54, 1.807) is 61.5 Å². The van der Waals surface area contributed by atoms with E-state index in [9.17, 15) is 14.7 Å². The number of halogens is 1. The van der Waals surface area contributed by atoms with Gasteiger partial charge in [-0.2, -0.15) is 5.10 Å². The summed E-state index contributed by atoms with van der Waals surface area (Å²) in [7, 11) is 0. The van der Waals surface area contributed by atoms with Gasteiger partial charge in [0, 0.05) is 14.7 Å². The number of hydrogen-bond acceptors (Lipinski definition) is 6. The number of amides is 2. The molecule has 1 aliphatic rings. The van der Waals surface area contributed by atoms with Crippen molar-refractivity contribution in [2.24, 2.45) is 5.10 Å². The molecule has 0 bridgehead atoms. The minimum atomic E-state index is -0.639. The van der Waals surface area contributed by atoms with Crippen LogP contribution in [0, 0.1) is 10.5 Å². The maximum Gasteiger partial charge on any atom is 0.287 e. The van der Waals surface area contributed by atoms with Crippen molar-refractivity contribution < 1.29 is 24.2 Å². The minimum absolute atomic E-state index is 0.0205. The first-order valence-corrected chi connectivity index (χ1v) is 11.3. The normalized spacial score (nSPS) is 12.6. The summed E-state index contributed by atoms with van der Waals surface area (Å²) in [4.78, 5) is 25.6. The van der Waals surface area contributed by atoms with E-state index >= 15 is 0 Å². The van der Waals surface area contributed by atoms with Crippen LogP contribution in [0.25, 0.3) is 6.08 Å². The number of carbonyl (C=O) groups is 2. The average Bonchev–Trinajstić information content (AvgIpc) is 3.30. The van der Waals surface area contributed by atoms with Crippen LogP contribution in [0.5, 0.6) is 17.2 Å². The number of phenols is 1. The Hall–Kier alpha value is -3.86. The summed E-state index contributed by atoms with van der Waals surface area (Å²) in [6, 6.07) is 17.3. The van der Waals surface area contributed by atoms with Gasteiger partial charge in [-0.1, -0.05) is 24.3 Å². The van der Waals surface area contributed by atoms with Gasteiger partial charge in [-0.05, 0) is 83.1 Å². The molecule has 0 unspecified atom stereocenters. The highest BCUT2D eigenvalue weighted by Crippen LogP contribution is 2.33. The number of benzene rings is 3. The number of phenolic OH excluding ortho intramolecular Hbond substituents is 1. The summed E-state index contributed by atoms with van der Waals surface area (Å²) >= 11 is 2.13. The Morgan fingerprint density at radius 3 is 2.62 bits per heavy atom. The van der Waals surface area contributed by atoms with Crippen LogP contribution in [0.3, 0.4) is 0 Å². The number of rotatable bonds is 6. The molecule has 0 aromatic heterocycles. The lowest BCUT2D eigenvalue weighted by molar-refractivity contribution is -0.117. The molecule has 0 atom stereocenters. The Morgan fingerprint density at radius 1 is 1.06 bits per heavy atom. The molecule has 0 aliphatic carbocycles. The quantitative estimate of drug-likeness (QED) is 0.180. The molecular formula is C25H20IN3O5. The highest BCUT2D eigenvalue weighted by atomic mass is 127. The fourth-order valence-corrected chi connectivity index (χ4v) is 4.00. The van der Waals surface area contributed by atoms with Crippen LogP contribution in [0.2, 0.25) is 0 Å². The van der Waals surface area contributed by atoms with Crippen LogP contribution >= 0.6 is 22.6 Å². The van der Waals surface area contributed by atoms with Gasteiger partial charge in [0.1, 0.15) is 11.4 Å². The molecule has 9 heteroatoms. The third-order valence-electron chi connectivity index (χ3n) is 4.90. The summed E-state index contributed by atoms with van der Waals surface area (Å²) in [6.07, 6.45) is 2.86. The van der Waals surface area contributed by atoms with Gasteiger partial charge < -0.3 is 19.9 Å². The van der Waals surface area contributed by atoms with Crippen molar-refractivity contribution in [1.82, 2.24) is 10.7 Å². The molecular weight excluding hydrogens is 549 g/mol. The van der Waals surface area contributed by atoms with Gasteiger partial charge in [-0.3, -0.25) is 9.59 Å². The number of aromatic hydroxyl groups is 1. The fraction of sp³-hybridized carbons (Fsp3) is 0.0800. The Morgan fingerprint density at radius 2 is 1.82 bits per heavy atom. The van der Waals surface area contributed by atoms with Crippen LogP contribution < -0.4 is 20.2 Å². The van der Waals surface area contributed by atoms with E-state index in [-0.39, 0.29) is 18.2 Å². The predicted octanol–water partition coefficient (Wildman–Crippen LogP) is 3.96. The molecule has 3 aromatic carbocycles. The van der Waals surface area contributed by atoms with Crippen molar-refractivity contribution >= 4 is 46.7 Å². The molecule has 2 amide bonds. The first-order valence-electron chi connectivity index (χ1n) is 10.2. The lowest BCUT2D eigenvalue weighted by Gasteiger charge is -2.10. The maximum atomic E-state index is 12.9. The molecule has 0 saturated heterocycles. The van der Waals surface area contributed by atoms with Gasteiger partial charge in [-0.15, -0.1) is 0 Å². The van der Waals surface area contributed by atoms with Crippen molar-refractivity contribution in [2.45, 2.75) is 6.92 Å². The molecule has 3 aromatic rings. The van der Waals surface area contributed by atoms with Crippen LogP contribution in [0.15, 0.2) is 71.5 Å². The van der Waals surface area contributed by atoms with Crippen molar-refractivity contribution in [2.75, 3.05) is 6.79 Å². The van der Waals surface area contributed by atoms with Crippen molar-refractivity contribution in [3.8, 4) is 17.2 Å². The molecule has 8 nitrogen and oxygen atoms in total.